The first-order chi connectivity index (χ1) is 11.0. The van der Waals surface area contributed by atoms with Gasteiger partial charge in [0.1, 0.15) is 5.75 Å². The Labute approximate surface area is 138 Å². The summed E-state index contributed by atoms with van der Waals surface area (Å²) in [6, 6.07) is 6.60. The van der Waals surface area contributed by atoms with E-state index in [2.05, 4.69) is 25.1 Å². The lowest BCUT2D eigenvalue weighted by Crippen LogP contribution is -2.44. The van der Waals surface area contributed by atoms with Crippen LogP contribution in [0.25, 0.3) is 0 Å². The summed E-state index contributed by atoms with van der Waals surface area (Å²) in [6.07, 6.45) is 4.10. The highest BCUT2D eigenvalue weighted by Crippen LogP contribution is 2.60. The van der Waals surface area contributed by atoms with E-state index in [0.717, 1.165) is 31.4 Å². The van der Waals surface area contributed by atoms with Gasteiger partial charge in [0, 0.05) is 0 Å². The van der Waals surface area contributed by atoms with E-state index in [4.69, 9.17) is 4.74 Å². The highest BCUT2D eigenvalue weighted by atomic mass is 16.5. The third-order valence-corrected chi connectivity index (χ3v) is 6.98. The molecule has 23 heavy (non-hydrogen) atoms. The van der Waals surface area contributed by atoms with Crippen LogP contribution in [0.4, 0.5) is 0 Å². The van der Waals surface area contributed by atoms with Gasteiger partial charge in [-0.15, -0.1) is 0 Å². The molecule has 6 atom stereocenters. The zero-order chi connectivity index (χ0) is 16.2. The van der Waals surface area contributed by atoms with Crippen LogP contribution in [-0.2, 0) is 6.42 Å². The number of aliphatic hydroxyl groups excluding tert-OH is 2. The van der Waals surface area contributed by atoms with Gasteiger partial charge in [-0.05, 0) is 85.5 Å². The van der Waals surface area contributed by atoms with Crippen molar-refractivity contribution in [2.45, 2.75) is 64.1 Å². The fourth-order valence-electron chi connectivity index (χ4n) is 5.80. The van der Waals surface area contributed by atoms with Crippen LogP contribution in [0.15, 0.2) is 18.2 Å². The van der Waals surface area contributed by atoms with Crippen LogP contribution in [0.2, 0.25) is 0 Å². The lowest BCUT2D eigenvalue weighted by Gasteiger charge is -2.49. The molecule has 0 radical (unpaired) electrons. The maximum atomic E-state index is 10.5. The summed E-state index contributed by atoms with van der Waals surface area (Å²) < 4.78 is 5.66. The fourth-order valence-corrected chi connectivity index (χ4v) is 5.80. The first kappa shape index (κ1) is 15.5. The molecule has 1 aromatic carbocycles. The second-order valence-electron chi connectivity index (χ2n) is 8.00. The number of fused-ring (bicyclic) bond motifs is 5. The molecule has 0 unspecified atom stereocenters. The molecular formula is C20H28O3. The Morgan fingerprint density at radius 3 is 2.87 bits per heavy atom. The highest BCUT2D eigenvalue weighted by molar-refractivity contribution is 5.40. The number of hydrogen-bond donors (Lipinski definition) is 2. The molecule has 2 fully saturated rings. The molecule has 0 bridgehead atoms. The first-order valence-electron chi connectivity index (χ1n) is 9.16. The summed E-state index contributed by atoms with van der Waals surface area (Å²) in [4.78, 5) is 0. The van der Waals surface area contributed by atoms with Gasteiger partial charge in [-0.1, -0.05) is 13.0 Å². The normalized spacial score (nSPS) is 41.8. The summed E-state index contributed by atoms with van der Waals surface area (Å²) in [6.45, 7) is 4.93. The second kappa shape index (κ2) is 5.49. The van der Waals surface area contributed by atoms with Gasteiger partial charge in [0.15, 0.2) is 0 Å². The summed E-state index contributed by atoms with van der Waals surface area (Å²) in [5.74, 6) is 2.62. The van der Waals surface area contributed by atoms with Crippen molar-refractivity contribution in [3.8, 4) is 5.75 Å². The van der Waals surface area contributed by atoms with Crippen molar-refractivity contribution in [2.24, 2.45) is 17.3 Å². The Bertz CT molecular complexity index is 599. The molecule has 1 aromatic rings. The number of rotatable bonds is 2. The molecule has 2 N–H and O–H groups in total. The SMILES string of the molecule is CCOc1ccc2c(c1)CC[C@@H]1[C@@H]2CC[C@]2(C)[C@@H](O)[C@H](O)C[C@@H]12. The molecule has 0 aromatic heterocycles. The van der Waals surface area contributed by atoms with Crippen molar-refractivity contribution in [2.75, 3.05) is 6.61 Å². The van der Waals surface area contributed by atoms with E-state index in [-0.39, 0.29) is 5.41 Å². The van der Waals surface area contributed by atoms with Crippen molar-refractivity contribution >= 4 is 0 Å². The van der Waals surface area contributed by atoms with Crippen LogP contribution in [0, 0.1) is 17.3 Å². The zero-order valence-corrected chi connectivity index (χ0v) is 14.2. The summed E-state index contributed by atoms with van der Waals surface area (Å²) >= 11 is 0. The Kier molecular flexibility index (Phi) is 3.69. The molecule has 0 amide bonds. The number of benzene rings is 1. The average molecular weight is 316 g/mol. The molecule has 3 nitrogen and oxygen atoms in total. The molecule has 0 aliphatic heterocycles. The van der Waals surface area contributed by atoms with E-state index < -0.39 is 12.2 Å². The summed E-state index contributed by atoms with van der Waals surface area (Å²) in [7, 11) is 0. The van der Waals surface area contributed by atoms with Gasteiger partial charge in [-0.25, -0.2) is 0 Å². The number of hydrogen-bond acceptors (Lipinski definition) is 3. The van der Waals surface area contributed by atoms with Gasteiger partial charge in [-0.2, -0.15) is 0 Å². The highest BCUT2D eigenvalue weighted by Gasteiger charge is 2.57. The average Bonchev–Trinajstić information content (AvgIpc) is 2.78. The van der Waals surface area contributed by atoms with E-state index in [0.29, 0.717) is 24.4 Å². The standard InChI is InChI=1S/C20H28O3/c1-3-23-13-5-7-14-12(10-13)4-6-16-15(14)8-9-20(2)17(16)11-18(21)19(20)22/h5,7,10,15-19,21-22H,3-4,6,8-9,11H2,1-2H3/t15-,16-,17+,18-,19+,20+/m1/s1. The second-order valence-corrected chi connectivity index (χ2v) is 8.00. The van der Waals surface area contributed by atoms with Crippen molar-refractivity contribution in [1.82, 2.24) is 0 Å². The Morgan fingerprint density at radius 2 is 2.09 bits per heavy atom. The van der Waals surface area contributed by atoms with Gasteiger partial charge in [0.25, 0.3) is 0 Å². The molecule has 0 heterocycles. The zero-order valence-electron chi connectivity index (χ0n) is 14.2. The van der Waals surface area contributed by atoms with E-state index in [1.807, 2.05) is 6.92 Å². The van der Waals surface area contributed by atoms with Gasteiger partial charge in [-0.3, -0.25) is 0 Å². The van der Waals surface area contributed by atoms with E-state index in [9.17, 15) is 10.2 Å². The first-order valence-corrected chi connectivity index (χ1v) is 9.16. The number of ether oxygens (including phenoxy) is 1. The van der Waals surface area contributed by atoms with Crippen molar-refractivity contribution < 1.29 is 14.9 Å². The van der Waals surface area contributed by atoms with E-state index in [1.54, 1.807) is 0 Å². The van der Waals surface area contributed by atoms with Crippen LogP contribution in [0.5, 0.6) is 5.75 Å². The molecule has 3 aliphatic carbocycles. The molecule has 0 spiro atoms. The third-order valence-electron chi connectivity index (χ3n) is 6.98. The quantitative estimate of drug-likeness (QED) is 0.880. The molecule has 0 saturated heterocycles. The Balaban J connectivity index is 1.65. The van der Waals surface area contributed by atoms with Crippen LogP contribution in [0.1, 0.15) is 56.6 Å². The summed E-state index contributed by atoms with van der Waals surface area (Å²) in [5, 5.41) is 20.7. The maximum Gasteiger partial charge on any atom is 0.119 e. The minimum atomic E-state index is -0.546. The van der Waals surface area contributed by atoms with Crippen molar-refractivity contribution in [3.05, 3.63) is 29.3 Å². The monoisotopic (exact) mass is 316 g/mol. The van der Waals surface area contributed by atoms with Crippen LogP contribution in [-0.4, -0.2) is 29.0 Å². The minimum absolute atomic E-state index is 0.0939. The van der Waals surface area contributed by atoms with Crippen LogP contribution < -0.4 is 4.74 Å². The van der Waals surface area contributed by atoms with Crippen LogP contribution >= 0.6 is 0 Å². The molecule has 126 valence electrons. The molecule has 2 saturated carbocycles. The number of aryl methyl sites for hydroxylation is 1. The molecule has 3 aliphatic rings. The lowest BCUT2D eigenvalue weighted by atomic mass is 9.55. The summed E-state index contributed by atoms with van der Waals surface area (Å²) in [5.41, 5.74) is 2.84. The van der Waals surface area contributed by atoms with E-state index >= 15 is 0 Å². The predicted molar refractivity (Wildman–Crippen MR) is 89.6 cm³/mol. The maximum absolute atomic E-state index is 10.5. The van der Waals surface area contributed by atoms with Crippen LogP contribution in [0.3, 0.4) is 0 Å². The lowest BCUT2D eigenvalue weighted by molar-refractivity contribution is -0.0505. The molecule has 4 rings (SSSR count). The molecular weight excluding hydrogens is 288 g/mol. The molecule has 3 heteroatoms. The van der Waals surface area contributed by atoms with Crippen molar-refractivity contribution in [1.29, 1.82) is 0 Å². The Morgan fingerprint density at radius 1 is 1.26 bits per heavy atom. The largest absolute Gasteiger partial charge is 0.494 e. The smallest absolute Gasteiger partial charge is 0.119 e. The van der Waals surface area contributed by atoms with Gasteiger partial charge in [0.2, 0.25) is 0 Å². The Hall–Kier alpha value is -1.06. The topological polar surface area (TPSA) is 49.7 Å². The predicted octanol–water partition coefficient (Wildman–Crippen LogP) is 3.27. The fraction of sp³-hybridized carbons (Fsp3) is 0.700. The van der Waals surface area contributed by atoms with Gasteiger partial charge in [0.05, 0.1) is 18.8 Å². The minimum Gasteiger partial charge on any atom is -0.494 e. The van der Waals surface area contributed by atoms with Gasteiger partial charge >= 0.3 is 0 Å². The third kappa shape index (κ3) is 2.24. The van der Waals surface area contributed by atoms with Crippen molar-refractivity contribution in [3.63, 3.8) is 0 Å². The van der Waals surface area contributed by atoms with E-state index in [1.165, 1.54) is 17.5 Å². The number of aliphatic hydroxyl groups is 2. The van der Waals surface area contributed by atoms with Gasteiger partial charge < -0.3 is 14.9 Å².